The van der Waals surface area contributed by atoms with Crippen molar-refractivity contribution in [3.8, 4) is 0 Å². The SMILES string of the molecule is NNC(=O)c1occc1CSc1ccccc1Br. The van der Waals surface area contributed by atoms with Crippen LogP contribution in [0.25, 0.3) is 0 Å². The van der Waals surface area contributed by atoms with E-state index in [1.54, 1.807) is 17.8 Å². The van der Waals surface area contributed by atoms with Crippen molar-refractivity contribution >= 4 is 33.6 Å². The molecule has 1 amide bonds. The Labute approximate surface area is 117 Å². The van der Waals surface area contributed by atoms with Gasteiger partial charge >= 0.3 is 5.91 Å². The fourth-order valence-electron chi connectivity index (χ4n) is 1.43. The Morgan fingerprint density at radius 2 is 2.17 bits per heavy atom. The monoisotopic (exact) mass is 326 g/mol. The Hall–Kier alpha value is -1.24. The van der Waals surface area contributed by atoms with Gasteiger partial charge in [-0.2, -0.15) is 0 Å². The molecule has 4 nitrogen and oxygen atoms in total. The molecule has 94 valence electrons. The van der Waals surface area contributed by atoms with Crippen LogP contribution in [0.15, 0.2) is 50.4 Å². The molecule has 2 aromatic rings. The van der Waals surface area contributed by atoms with Crippen LogP contribution in [0.3, 0.4) is 0 Å². The highest BCUT2D eigenvalue weighted by molar-refractivity contribution is 9.10. The molecule has 1 aromatic carbocycles. The van der Waals surface area contributed by atoms with Crippen LogP contribution in [0.5, 0.6) is 0 Å². The van der Waals surface area contributed by atoms with Gasteiger partial charge in [-0.15, -0.1) is 11.8 Å². The minimum Gasteiger partial charge on any atom is -0.459 e. The molecular weight excluding hydrogens is 316 g/mol. The number of hydrazine groups is 1. The van der Waals surface area contributed by atoms with Gasteiger partial charge in [0.1, 0.15) is 0 Å². The normalized spacial score (nSPS) is 10.3. The Kier molecular flexibility index (Phi) is 4.46. The average Bonchev–Trinajstić information content (AvgIpc) is 2.85. The van der Waals surface area contributed by atoms with E-state index in [4.69, 9.17) is 10.3 Å². The van der Waals surface area contributed by atoms with E-state index in [1.165, 1.54) is 6.26 Å². The van der Waals surface area contributed by atoms with Gasteiger partial charge in [0.25, 0.3) is 0 Å². The van der Waals surface area contributed by atoms with Gasteiger partial charge in [-0.25, -0.2) is 5.84 Å². The summed E-state index contributed by atoms with van der Waals surface area (Å²) in [5, 5.41) is 0. The first-order chi connectivity index (χ1) is 8.72. The van der Waals surface area contributed by atoms with E-state index in [-0.39, 0.29) is 5.76 Å². The summed E-state index contributed by atoms with van der Waals surface area (Å²) in [6.07, 6.45) is 1.49. The van der Waals surface area contributed by atoms with Crippen LogP contribution in [0.1, 0.15) is 16.1 Å². The van der Waals surface area contributed by atoms with E-state index in [1.807, 2.05) is 24.3 Å². The smallest absolute Gasteiger partial charge is 0.301 e. The van der Waals surface area contributed by atoms with E-state index in [9.17, 15) is 4.79 Å². The van der Waals surface area contributed by atoms with E-state index in [0.29, 0.717) is 5.75 Å². The second-order valence-corrected chi connectivity index (χ2v) is 5.34. The van der Waals surface area contributed by atoms with E-state index in [0.717, 1.165) is 14.9 Å². The van der Waals surface area contributed by atoms with Gasteiger partial charge in [0.05, 0.1) is 6.26 Å². The number of rotatable bonds is 4. The summed E-state index contributed by atoms with van der Waals surface area (Å²) in [4.78, 5) is 12.5. The molecule has 0 aliphatic carbocycles. The second-order valence-electron chi connectivity index (χ2n) is 3.47. The Bertz CT molecular complexity index is 557. The molecule has 0 unspecified atom stereocenters. The molecule has 6 heteroatoms. The van der Waals surface area contributed by atoms with Crippen molar-refractivity contribution < 1.29 is 9.21 Å². The standard InChI is InChI=1S/C12H11BrN2O2S/c13-9-3-1-2-4-10(9)18-7-8-5-6-17-11(8)12(16)15-14/h1-6H,7,14H2,(H,15,16). The molecule has 0 saturated heterocycles. The predicted octanol–water partition coefficient (Wildman–Crippen LogP) is 2.94. The summed E-state index contributed by atoms with van der Waals surface area (Å²) in [6, 6.07) is 9.69. The summed E-state index contributed by atoms with van der Waals surface area (Å²) in [7, 11) is 0. The van der Waals surface area contributed by atoms with Crippen molar-refractivity contribution in [2.75, 3.05) is 0 Å². The lowest BCUT2D eigenvalue weighted by Gasteiger charge is -2.04. The molecule has 0 bridgehead atoms. The summed E-state index contributed by atoms with van der Waals surface area (Å²) >= 11 is 5.10. The third-order valence-corrected chi connectivity index (χ3v) is 4.38. The van der Waals surface area contributed by atoms with Crippen molar-refractivity contribution in [2.24, 2.45) is 5.84 Å². The zero-order valence-electron chi connectivity index (χ0n) is 9.35. The molecule has 0 atom stereocenters. The molecule has 0 saturated carbocycles. The summed E-state index contributed by atoms with van der Waals surface area (Å²) < 4.78 is 6.15. The zero-order chi connectivity index (χ0) is 13.0. The van der Waals surface area contributed by atoms with Crippen LogP contribution in [-0.4, -0.2) is 5.91 Å². The molecule has 2 rings (SSSR count). The average molecular weight is 327 g/mol. The van der Waals surface area contributed by atoms with Crippen LogP contribution in [0.4, 0.5) is 0 Å². The number of amides is 1. The van der Waals surface area contributed by atoms with E-state index < -0.39 is 5.91 Å². The van der Waals surface area contributed by atoms with Gasteiger partial charge in [0, 0.05) is 20.7 Å². The third kappa shape index (κ3) is 2.95. The minimum atomic E-state index is -0.414. The minimum absolute atomic E-state index is 0.261. The predicted molar refractivity (Wildman–Crippen MR) is 74.1 cm³/mol. The number of nitrogen functional groups attached to an aromatic ring is 1. The van der Waals surface area contributed by atoms with Gasteiger partial charge in [0.15, 0.2) is 5.76 Å². The van der Waals surface area contributed by atoms with Gasteiger partial charge in [-0.3, -0.25) is 10.2 Å². The van der Waals surface area contributed by atoms with Crippen molar-refractivity contribution in [3.63, 3.8) is 0 Å². The lowest BCUT2D eigenvalue weighted by molar-refractivity contribution is 0.0925. The molecule has 0 aliphatic heterocycles. The molecule has 3 N–H and O–H groups in total. The molecule has 1 aromatic heterocycles. The number of hydrogen-bond donors (Lipinski definition) is 2. The van der Waals surface area contributed by atoms with Gasteiger partial charge in [-0.05, 0) is 34.1 Å². The number of benzene rings is 1. The molecule has 18 heavy (non-hydrogen) atoms. The summed E-state index contributed by atoms with van der Waals surface area (Å²) in [6.45, 7) is 0. The Morgan fingerprint density at radius 1 is 1.39 bits per heavy atom. The fourth-order valence-corrected chi connectivity index (χ4v) is 2.98. The second kappa shape index (κ2) is 6.08. The van der Waals surface area contributed by atoms with Crippen LogP contribution >= 0.6 is 27.7 Å². The first kappa shape index (κ1) is 13.2. The summed E-state index contributed by atoms with van der Waals surface area (Å²) in [5.41, 5.74) is 2.88. The maximum absolute atomic E-state index is 11.4. The van der Waals surface area contributed by atoms with Crippen LogP contribution < -0.4 is 11.3 Å². The first-order valence-electron chi connectivity index (χ1n) is 5.17. The summed E-state index contributed by atoms with van der Waals surface area (Å²) in [5.74, 6) is 5.58. The number of carbonyl (C=O) groups is 1. The Balaban J connectivity index is 2.09. The number of hydrogen-bond acceptors (Lipinski definition) is 4. The van der Waals surface area contributed by atoms with Crippen LogP contribution in [0.2, 0.25) is 0 Å². The van der Waals surface area contributed by atoms with E-state index in [2.05, 4.69) is 21.4 Å². The highest BCUT2D eigenvalue weighted by Gasteiger charge is 2.14. The van der Waals surface area contributed by atoms with Crippen LogP contribution in [-0.2, 0) is 5.75 Å². The number of nitrogens with one attached hydrogen (secondary N) is 1. The van der Waals surface area contributed by atoms with Gasteiger partial charge in [0.2, 0.25) is 0 Å². The number of carbonyl (C=O) groups excluding carboxylic acids is 1. The largest absolute Gasteiger partial charge is 0.459 e. The van der Waals surface area contributed by atoms with E-state index >= 15 is 0 Å². The van der Waals surface area contributed by atoms with Gasteiger partial charge < -0.3 is 4.42 Å². The van der Waals surface area contributed by atoms with Crippen LogP contribution in [0, 0.1) is 0 Å². The zero-order valence-corrected chi connectivity index (χ0v) is 11.8. The number of furan rings is 1. The van der Waals surface area contributed by atoms with Crippen molar-refractivity contribution in [1.29, 1.82) is 0 Å². The molecular formula is C12H11BrN2O2S. The fraction of sp³-hybridized carbons (Fsp3) is 0.0833. The van der Waals surface area contributed by atoms with Crippen molar-refractivity contribution in [1.82, 2.24) is 5.43 Å². The number of halogens is 1. The molecule has 0 radical (unpaired) electrons. The maximum atomic E-state index is 11.4. The molecule has 0 aliphatic rings. The highest BCUT2D eigenvalue weighted by atomic mass is 79.9. The number of nitrogens with two attached hydrogens (primary N) is 1. The van der Waals surface area contributed by atoms with Crippen molar-refractivity contribution in [3.05, 3.63) is 52.4 Å². The Morgan fingerprint density at radius 3 is 2.89 bits per heavy atom. The molecule has 1 heterocycles. The lowest BCUT2D eigenvalue weighted by atomic mass is 10.3. The third-order valence-electron chi connectivity index (χ3n) is 2.30. The lowest BCUT2D eigenvalue weighted by Crippen LogP contribution is -2.30. The first-order valence-corrected chi connectivity index (χ1v) is 6.95. The number of thioether (sulfide) groups is 1. The molecule has 0 spiro atoms. The maximum Gasteiger partial charge on any atom is 0.301 e. The topological polar surface area (TPSA) is 68.3 Å². The highest BCUT2D eigenvalue weighted by Crippen LogP contribution is 2.30. The quantitative estimate of drug-likeness (QED) is 0.392. The van der Waals surface area contributed by atoms with Crippen molar-refractivity contribution in [2.45, 2.75) is 10.6 Å². The molecule has 0 fully saturated rings. The van der Waals surface area contributed by atoms with Gasteiger partial charge in [-0.1, -0.05) is 12.1 Å².